The van der Waals surface area contributed by atoms with E-state index in [0.29, 0.717) is 0 Å². The third-order valence-electron chi connectivity index (χ3n) is 10.5. The molecule has 0 N–H and O–H groups in total. The quantitative estimate of drug-likeness (QED) is 0.0612. The summed E-state index contributed by atoms with van der Waals surface area (Å²) in [6.45, 7) is 7.06. The molecule has 0 rings (SSSR count). The maximum atomic E-state index is 2.44. The predicted molar refractivity (Wildman–Crippen MR) is 201 cm³/mol. The molecule has 0 aliphatic carbocycles. The van der Waals surface area contributed by atoms with Gasteiger partial charge in [0.1, 0.15) is 0 Å². The van der Waals surface area contributed by atoms with Gasteiger partial charge < -0.3 is 0 Å². The second-order valence-corrected chi connectivity index (χ2v) is 14.9. The molecule has 0 aromatic rings. The van der Waals surface area contributed by atoms with E-state index in [4.69, 9.17) is 0 Å². The minimum Gasteiger partial charge on any atom is -0.0654 e. The molecule has 0 heterocycles. The van der Waals surface area contributed by atoms with E-state index in [2.05, 4.69) is 20.8 Å². The van der Waals surface area contributed by atoms with Gasteiger partial charge in [-0.05, 0) is 5.92 Å². The Labute approximate surface area is 276 Å². The van der Waals surface area contributed by atoms with Crippen molar-refractivity contribution in [2.24, 2.45) is 5.92 Å². The Bertz CT molecular complexity index is 453. The van der Waals surface area contributed by atoms with Crippen LogP contribution in [0.1, 0.15) is 271 Å². The normalized spacial score (nSPS) is 12.3. The number of hydrogen-bond acceptors (Lipinski definition) is 0. The summed E-state index contributed by atoms with van der Waals surface area (Å²) >= 11 is 0. The molecule has 0 aromatic heterocycles. The number of unbranched alkanes of at least 4 members (excludes halogenated alkanes) is 34. The monoisotopic (exact) mass is 605 g/mol. The molecule has 1 atom stereocenters. The van der Waals surface area contributed by atoms with Crippen LogP contribution in [-0.4, -0.2) is 0 Å². The van der Waals surface area contributed by atoms with Crippen LogP contribution in [0.15, 0.2) is 0 Å². The lowest BCUT2D eigenvalue weighted by atomic mass is 9.92. The van der Waals surface area contributed by atoms with Gasteiger partial charge in [-0.1, -0.05) is 271 Å². The molecule has 0 saturated heterocycles. The zero-order valence-electron chi connectivity index (χ0n) is 31.2. The molecule has 43 heavy (non-hydrogen) atoms. The molecule has 0 saturated carbocycles. The minimum atomic E-state index is 1.02. The zero-order valence-corrected chi connectivity index (χ0v) is 31.2. The van der Waals surface area contributed by atoms with Crippen molar-refractivity contribution >= 4 is 0 Å². The molecule has 0 heteroatoms. The summed E-state index contributed by atoms with van der Waals surface area (Å²) in [7, 11) is 0. The first-order valence-electron chi connectivity index (χ1n) is 21.3. The lowest BCUT2D eigenvalue weighted by molar-refractivity contribution is 0.392. The van der Waals surface area contributed by atoms with Gasteiger partial charge in [0.05, 0.1) is 0 Å². The topological polar surface area (TPSA) is 0 Å². The molecule has 0 aliphatic rings. The summed E-state index contributed by atoms with van der Waals surface area (Å²) in [5, 5.41) is 0. The fourth-order valence-corrected chi connectivity index (χ4v) is 7.22. The third kappa shape index (κ3) is 38.1. The molecule has 0 bridgehead atoms. The SMILES string of the molecule is CCCCCCCCCCCCCCCCCCCCCC(CC)CCCCCCCCCCCCCCCCCCC. The summed E-state index contributed by atoms with van der Waals surface area (Å²) in [5.41, 5.74) is 0. The van der Waals surface area contributed by atoms with Crippen LogP contribution in [0.3, 0.4) is 0 Å². The molecule has 0 amide bonds. The average Bonchev–Trinajstić information content (AvgIpc) is 3.02. The Kier molecular flexibility index (Phi) is 40.0. The van der Waals surface area contributed by atoms with E-state index in [1.54, 1.807) is 0 Å². The maximum Gasteiger partial charge on any atom is -0.0417 e. The Morgan fingerprint density at radius 1 is 0.209 bits per heavy atom. The van der Waals surface area contributed by atoms with Gasteiger partial charge in [-0.15, -0.1) is 0 Å². The van der Waals surface area contributed by atoms with Crippen LogP contribution in [0.4, 0.5) is 0 Å². The summed E-state index contributed by atoms with van der Waals surface area (Å²) in [6, 6.07) is 0. The van der Waals surface area contributed by atoms with Crippen LogP contribution in [0.2, 0.25) is 0 Å². The molecule has 0 aliphatic heterocycles. The maximum absolute atomic E-state index is 2.44. The van der Waals surface area contributed by atoms with Crippen LogP contribution in [-0.2, 0) is 0 Å². The minimum absolute atomic E-state index is 1.02. The standard InChI is InChI=1S/C43H88/c1-4-7-9-11-13-15-17-19-21-23-24-26-28-30-32-34-36-38-40-42-43(6-3)41-39-37-35-33-31-29-27-25-22-20-18-16-14-12-10-8-5-2/h43H,4-42H2,1-3H3. The highest BCUT2D eigenvalue weighted by atomic mass is 14.1. The summed E-state index contributed by atoms with van der Waals surface area (Å²) in [4.78, 5) is 0. The second kappa shape index (κ2) is 40.0. The molecule has 0 aromatic carbocycles. The van der Waals surface area contributed by atoms with E-state index in [-0.39, 0.29) is 0 Å². The first-order valence-corrected chi connectivity index (χ1v) is 21.3. The molecule has 0 nitrogen and oxygen atoms in total. The Balaban J connectivity index is 3.24. The largest absolute Gasteiger partial charge is 0.0654 e. The molecule has 1 unspecified atom stereocenters. The summed E-state index contributed by atoms with van der Waals surface area (Å²) in [6.07, 6.45) is 57.8. The first kappa shape index (κ1) is 43.0. The van der Waals surface area contributed by atoms with Crippen molar-refractivity contribution in [3.05, 3.63) is 0 Å². The smallest absolute Gasteiger partial charge is 0.0417 e. The molecular weight excluding hydrogens is 516 g/mol. The van der Waals surface area contributed by atoms with Crippen molar-refractivity contribution in [2.75, 3.05) is 0 Å². The zero-order chi connectivity index (χ0) is 31.2. The molecular formula is C43H88. The lowest BCUT2D eigenvalue weighted by Gasteiger charge is -2.14. The predicted octanol–water partition coefficient (Wildman–Crippen LogP) is 16.9. The Hall–Kier alpha value is 0. The fourth-order valence-electron chi connectivity index (χ4n) is 7.22. The molecule has 260 valence electrons. The van der Waals surface area contributed by atoms with Crippen molar-refractivity contribution in [1.82, 2.24) is 0 Å². The van der Waals surface area contributed by atoms with E-state index in [9.17, 15) is 0 Å². The Morgan fingerprint density at radius 2 is 0.372 bits per heavy atom. The van der Waals surface area contributed by atoms with Gasteiger partial charge in [0.25, 0.3) is 0 Å². The average molecular weight is 605 g/mol. The van der Waals surface area contributed by atoms with Gasteiger partial charge in [-0.25, -0.2) is 0 Å². The van der Waals surface area contributed by atoms with E-state index in [0.717, 1.165) is 5.92 Å². The summed E-state index contributed by atoms with van der Waals surface area (Å²) < 4.78 is 0. The molecule has 0 fully saturated rings. The van der Waals surface area contributed by atoms with E-state index in [1.165, 1.54) is 250 Å². The first-order chi connectivity index (χ1) is 21.3. The van der Waals surface area contributed by atoms with Crippen molar-refractivity contribution in [3.63, 3.8) is 0 Å². The van der Waals surface area contributed by atoms with Crippen LogP contribution < -0.4 is 0 Å². The highest BCUT2D eigenvalue weighted by molar-refractivity contribution is 4.60. The highest BCUT2D eigenvalue weighted by Gasteiger charge is 2.06. The van der Waals surface area contributed by atoms with E-state index >= 15 is 0 Å². The summed E-state index contributed by atoms with van der Waals surface area (Å²) in [5.74, 6) is 1.02. The number of hydrogen-bond donors (Lipinski definition) is 0. The van der Waals surface area contributed by atoms with E-state index in [1.807, 2.05) is 0 Å². The second-order valence-electron chi connectivity index (χ2n) is 14.9. The van der Waals surface area contributed by atoms with Gasteiger partial charge in [0.2, 0.25) is 0 Å². The van der Waals surface area contributed by atoms with E-state index < -0.39 is 0 Å². The molecule has 0 spiro atoms. The van der Waals surface area contributed by atoms with Gasteiger partial charge in [0, 0.05) is 0 Å². The van der Waals surface area contributed by atoms with Gasteiger partial charge in [-0.3, -0.25) is 0 Å². The van der Waals surface area contributed by atoms with Crippen LogP contribution in [0, 0.1) is 5.92 Å². The molecule has 0 radical (unpaired) electrons. The van der Waals surface area contributed by atoms with Crippen molar-refractivity contribution in [1.29, 1.82) is 0 Å². The highest BCUT2D eigenvalue weighted by Crippen LogP contribution is 2.22. The van der Waals surface area contributed by atoms with Crippen LogP contribution in [0.5, 0.6) is 0 Å². The van der Waals surface area contributed by atoms with Crippen LogP contribution >= 0.6 is 0 Å². The van der Waals surface area contributed by atoms with Gasteiger partial charge in [0.15, 0.2) is 0 Å². The fraction of sp³-hybridized carbons (Fsp3) is 1.00. The van der Waals surface area contributed by atoms with Gasteiger partial charge >= 0.3 is 0 Å². The van der Waals surface area contributed by atoms with Crippen molar-refractivity contribution in [2.45, 2.75) is 271 Å². The van der Waals surface area contributed by atoms with Crippen molar-refractivity contribution < 1.29 is 0 Å². The lowest BCUT2D eigenvalue weighted by Crippen LogP contribution is -1.99. The Morgan fingerprint density at radius 3 is 0.535 bits per heavy atom. The van der Waals surface area contributed by atoms with Crippen LogP contribution in [0.25, 0.3) is 0 Å². The van der Waals surface area contributed by atoms with Gasteiger partial charge in [-0.2, -0.15) is 0 Å². The third-order valence-corrected chi connectivity index (χ3v) is 10.5. The number of rotatable bonds is 39. The van der Waals surface area contributed by atoms with Crippen molar-refractivity contribution in [3.8, 4) is 0 Å².